The van der Waals surface area contributed by atoms with Gasteiger partial charge in [-0.15, -0.1) is 0 Å². The zero-order chi connectivity index (χ0) is 13.8. The summed E-state index contributed by atoms with van der Waals surface area (Å²) >= 11 is 0. The maximum absolute atomic E-state index is 12.2. The second kappa shape index (κ2) is 6.29. The van der Waals surface area contributed by atoms with Crippen molar-refractivity contribution in [2.24, 2.45) is 0 Å². The Labute approximate surface area is 121 Å². The second-order valence-corrected chi connectivity index (χ2v) is 6.10. The van der Waals surface area contributed by atoms with Crippen molar-refractivity contribution < 1.29 is 4.79 Å². The molecule has 3 heteroatoms. The van der Waals surface area contributed by atoms with Crippen LogP contribution in [0.5, 0.6) is 0 Å². The fraction of sp³-hybridized carbons (Fsp3) is 0.588. The van der Waals surface area contributed by atoms with E-state index < -0.39 is 0 Å². The summed E-state index contributed by atoms with van der Waals surface area (Å²) in [5.74, 6) is 0. The van der Waals surface area contributed by atoms with Crippen LogP contribution in [0.25, 0.3) is 0 Å². The fourth-order valence-corrected chi connectivity index (χ4v) is 3.54. The second-order valence-electron chi connectivity index (χ2n) is 6.10. The molecule has 20 heavy (non-hydrogen) atoms. The summed E-state index contributed by atoms with van der Waals surface area (Å²) < 4.78 is 0. The van der Waals surface area contributed by atoms with Crippen LogP contribution in [0.2, 0.25) is 0 Å². The van der Waals surface area contributed by atoms with Gasteiger partial charge in [0.2, 0.25) is 0 Å². The van der Waals surface area contributed by atoms with E-state index in [0.717, 1.165) is 32.1 Å². The molecule has 108 valence electrons. The molecule has 0 unspecified atom stereocenters. The lowest BCUT2D eigenvalue weighted by molar-refractivity contribution is 0.227. The standard InChI is InChI=1S/C17H24N2O/c20-17(18-14-9-2-1-3-10-14)19-16-12-6-8-13-7-4-5-11-15(13)16/h4-5,7,11,14,16H,1-3,6,8-10,12H2,(H2,18,19,20)/t16-/m0/s1. The third-order valence-corrected chi connectivity index (χ3v) is 4.62. The number of benzene rings is 1. The maximum atomic E-state index is 12.2. The highest BCUT2D eigenvalue weighted by molar-refractivity contribution is 5.75. The number of rotatable bonds is 2. The molecule has 2 N–H and O–H groups in total. The molecule has 1 saturated carbocycles. The Hall–Kier alpha value is -1.51. The summed E-state index contributed by atoms with van der Waals surface area (Å²) in [4.78, 5) is 12.2. The van der Waals surface area contributed by atoms with Gasteiger partial charge in [0.05, 0.1) is 6.04 Å². The lowest BCUT2D eigenvalue weighted by Gasteiger charge is -2.28. The molecule has 2 amide bonds. The molecule has 0 aliphatic heterocycles. The first-order valence-corrected chi connectivity index (χ1v) is 7.98. The molecule has 3 nitrogen and oxygen atoms in total. The molecule has 2 aliphatic carbocycles. The molecule has 0 bridgehead atoms. The van der Waals surface area contributed by atoms with Crippen LogP contribution in [0.4, 0.5) is 4.79 Å². The van der Waals surface area contributed by atoms with Crippen LogP contribution in [-0.2, 0) is 6.42 Å². The van der Waals surface area contributed by atoms with Gasteiger partial charge in [0.1, 0.15) is 0 Å². The van der Waals surface area contributed by atoms with Crippen LogP contribution in [0, 0.1) is 0 Å². The molecule has 1 aromatic rings. The van der Waals surface area contributed by atoms with E-state index in [9.17, 15) is 4.79 Å². The molecule has 1 atom stereocenters. The number of aryl methyl sites for hydroxylation is 1. The minimum Gasteiger partial charge on any atom is -0.335 e. The molecule has 2 aliphatic rings. The summed E-state index contributed by atoms with van der Waals surface area (Å²) in [6, 6.07) is 9.06. The van der Waals surface area contributed by atoms with E-state index in [2.05, 4.69) is 34.9 Å². The summed E-state index contributed by atoms with van der Waals surface area (Å²) in [6.07, 6.45) is 9.42. The molecule has 1 aromatic carbocycles. The van der Waals surface area contributed by atoms with Crippen LogP contribution in [0.15, 0.2) is 24.3 Å². The van der Waals surface area contributed by atoms with Crippen molar-refractivity contribution >= 4 is 6.03 Å². The van der Waals surface area contributed by atoms with Gasteiger partial charge < -0.3 is 10.6 Å². The van der Waals surface area contributed by atoms with Crippen molar-refractivity contribution in [2.75, 3.05) is 0 Å². The minimum atomic E-state index is 0.0126. The van der Waals surface area contributed by atoms with Crippen LogP contribution < -0.4 is 10.6 Å². The van der Waals surface area contributed by atoms with Crippen molar-refractivity contribution in [3.8, 4) is 0 Å². The van der Waals surface area contributed by atoms with Gasteiger partial charge in [-0.05, 0) is 43.2 Å². The van der Waals surface area contributed by atoms with Gasteiger partial charge in [0, 0.05) is 6.04 Å². The Balaban J connectivity index is 1.59. The van der Waals surface area contributed by atoms with Crippen LogP contribution in [-0.4, -0.2) is 12.1 Å². The number of carbonyl (C=O) groups excluding carboxylic acids is 1. The molecule has 0 radical (unpaired) electrons. The third-order valence-electron chi connectivity index (χ3n) is 4.62. The first-order chi connectivity index (χ1) is 9.83. The van der Waals surface area contributed by atoms with Crippen molar-refractivity contribution in [3.63, 3.8) is 0 Å². The number of hydrogen-bond acceptors (Lipinski definition) is 1. The molecular formula is C17H24N2O. The number of fused-ring (bicyclic) bond motifs is 1. The topological polar surface area (TPSA) is 41.1 Å². The number of urea groups is 1. The highest BCUT2D eigenvalue weighted by atomic mass is 16.2. The lowest BCUT2D eigenvalue weighted by Crippen LogP contribution is -2.44. The normalized spacial score (nSPS) is 22.9. The van der Waals surface area contributed by atoms with E-state index in [-0.39, 0.29) is 12.1 Å². The molecule has 3 rings (SSSR count). The Bertz CT molecular complexity index is 466. The van der Waals surface area contributed by atoms with Gasteiger partial charge in [-0.25, -0.2) is 4.79 Å². The number of carbonyl (C=O) groups is 1. The lowest BCUT2D eigenvalue weighted by atomic mass is 9.88. The molecular weight excluding hydrogens is 248 g/mol. The number of nitrogens with one attached hydrogen (secondary N) is 2. The Morgan fingerprint density at radius 3 is 2.60 bits per heavy atom. The van der Waals surface area contributed by atoms with Crippen LogP contribution >= 0.6 is 0 Å². The Kier molecular flexibility index (Phi) is 4.24. The van der Waals surface area contributed by atoms with Gasteiger partial charge in [-0.1, -0.05) is 43.5 Å². The monoisotopic (exact) mass is 272 g/mol. The van der Waals surface area contributed by atoms with E-state index >= 15 is 0 Å². The van der Waals surface area contributed by atoms with Gasteiger partial charge in [-0.3, -0.25) is 0 Å². The van der Waals surface area contributed by atoms with Gasteiger partial charge in [0.25, 0.3) is 0 Å². The summed E-state index contributed by atoms with van der Waals surface area (Å²) in [5, 5.41) is 6.32. The van der Waals surface area contributed by atoms with Gasteiger partial charge in [0.15, 0.2) is 0 Å². The van der Waals surface area contributed by atoms with Crippen molar-refractivity contribution in [2.45, 2.75) is 63.5 Å². The smallest absolute Gasteiger partial charge is 0.315 e. The predicted molar refractivity (Wildman–Crippen MR) is 80.7 cm³/mol. The highest BCUT2D eigenvalue weighted by Gasteiger charge is 2.22. The highest BCUT2D eigenvalue weighted by Crippen LogP contribution is 2.29. The molecule has 0 spiro atoms. The van der Waals surface area contributed by atoms with Gasteiger partial charge in [-0.2, -0.15) is 0 Å². The van der Waals surface area contributed by atoms with E-state index in [0.29, 0.717) is 6.04 Å². The summed E-state index contributed by atoms with van der Waals surface area (Å²) in [5.41, 5.74) is 2.69. The number of amides is 2. The summed E-state index contributed by atoms with van der Waals surface area (Å²) in [6.45, 7) is 0. The predicted octanol–water partition coefficient (Wildman–Crippen LogP) is 3.70. The van der Waals surface area contributed by atoms with Crippen molar-refractivity contribution in [3.05, 3.63) is 35.4 Å². The number of hydrogen-bond donors (Lipinski definition) is 2. The zero-order valence-electron chi connectivity index (χ0n) is 12.0. The largest absolute Gasteiger partial charge is 0.335 e. The van der Waals surface area contributed by atoms with E-state index in [1.54, 1.807) is 0 Å². The maximum Gasteiger partial charge on any atom is 0.315 e. The van der Waals surface area contributed by atoms with Crippen molar-refractivity contribution in [1.29, 1.82) is 0 Å². The molecule has 0 aromatic heterocycles. The van der Waals surface area contributed by atoms with E-state index in [1.165, 1.54) is 30.4 Å². The average Bonchev–Trinajstić information content (AvgIpc) is 2.48. The van der Waals surface area contributed by atoms with E-state index in [1.807, 2.05) is 0 Å². The summed E-state index contributed by atoms with van der Waals surface area (Å²) in [7, 11) is 0. The third kappa shape index (κ3) is 3.14. The van der Waals surface area contributed by atoms with Crippen molar-refractivity contribution in [1.82, 2.24) is 10.6 Å². The van der Waals surface area contributed by atoms with Crippen LogP contribution in [0.3, 0.4) is 0 Å². The SMILES string of the molecule is O=C(NC1CCCCC1)N[C@H]1CCCc2ccccc21. The van der Waals surface area contributed by atoms with E-state index in [4.69, 9.17) is 0 Å². The molecule has 0 saturated heterocycles. The minimum absolute atomic E-state index is 0.0126. The molecule has 1 fully saturated rings. The molecule has 0 heterocycles. The van der Waals surface area contributed by atoms with Gasteiger partial charge >= 0.3 is 6.03 Å². The fourth-order valence-electron chi connectivity index (χ4n) is 3.54. The zero-order valence-corrected chi connectivity index (χ0v) is 12.0. The Morgan fingerprint density at radius 1 is 0.950 bits per heavy atom. The quantitative estimate of drug-likeness (QED) is 0.847. The average molecular weight is 272 g/mol. The first-order valence-electron chi connectivity index (χ1n) is 7.98. The first kappa shape index (κ1) is 13.5. The van der Waals surface area contributed by atoms with Crippen LogP contribution in [0.1, 0.15) is 62.1 Å². The Morgan fingerprint density at radius 2 is 1.75 bits per heavy atom.